The number of anilines is 1. The second-order valence-electron chi connectivity index (χ2n) is 13.4. The predicted octanol–water partition coefficient (Wildman–Crippen LogP) is 5.26. The summed E-state index contributed by atoms with van der Waals surface area (Å²) in [5.41, 5.74) is -0.355. The van der Waals surface area contributed by atoms with E-state index in [4.69, 9.17) is 20.9 Å². The van der Waals surface area contributed by atoms with E-state index in [-0.39, 0.29) is 56.8 Å². The van der Waals surface area contributed by atoms with Crippen LogP contribution in [0.4, 0.5) is 19.0 Å². The van der Waals surface area contributed by atoms with Gasteiger partial charge in [-0.3, -0.25) is 14.7 Å². The Labute approximate surface area is 287 Å². The number of nitrogens with one attached hydrogen (secondary N) is 1. The standard InChI is InChI=1S/C37H37F3N6O4/c1-3-26-29(39)8-7-23-16-25(47)17-27(30(23)26)32-31(40)33-28(18-41-32)34(46-11-5-4-6-24(19-46)42-35(48)22(2)38)44-36(43-33)50-21-37(9-10-37)20-45-12-14-49-15-13-45/h1,7-8,16-18,24,47H,2,4-6,9-15,19-21H2,(H,42,48). The van der Waals surface area contributed by atoms with Crippen molar-refractivity contribution < 1.29 is 32.5 Å². The number of phenolic OH excluding ortho intramolecular Hbond substituents is 1. The Kier molecular flexibility index (Phi) is 9.24. The lowest BCUT2D eigenvalue weighted by Crippen LogP contribution is -2.43. The SMILES string of the molecule is C#Cc1c(F)ccc2cc(O)cc(-c3ncc4c(N5CCCCC(NC(=O)C(=C)F)C5)nc(OCC5(CN6CCOCC6)CC5)nc4c3F)c12. The van der Waals surface area contributed by atoms with Gasteiger partial charge in [-0.05, 0) is 55.7 Å². The van der Waals surface area contributed by atoms with Crippen molar-refractivity contribution in [2.75, 3.05) is 57.4 Å². The van der Waals surface area contributed by atoms with E-state index in [1.165, 1.54) is 30.5 Å². The van der Waals surface area contributed by atoms with Gasteiger partial charge >= 0.3 is 6.01 Å². The molecule has 2 N–H and O–H groups in total. The third-order valence-electron chi connectivity index (χ3n) is 9.77. The molecule has 2 saturated heterocycles. The fourth-order valence-corrected chi connectivity index (χ4v) is 6.96. The van der Waals surface area contributed by atoms with Gasteiger partial charge < -0.3 is 24.8 Å². The number of terminal acetylenes is 1. The van der Waals surface area contributed by atoms with Gasteiger partial charge in [0.1, 0.15) is 28.6 Å². The number of nitrogens with zero attached hydrogens (tertiary/aromatic N) is 5. The molecule has 2 aromatic heterocycles. The Morgan fingerprint density at radius 3 is 2.72 bits per heavy atom. The van der Waals surface area contributed by atoms with Crippen LogP contribution in [-0.2, 0) is 9.53 Å². The van der Waals surface area contributed by atoms with Crippen molar-refractivity contribution in [2.45, 2.75) is 38.1 Å². The lowest BCUT2D eigenvalue weighted by Gasteiger charge is -2.30. The maximum atomic E-state index is 16.9. The molecule has 7 rings (SSSR count). The fraction of sp³-hybridized carbons (Fsp3) is 0.405. The predicted molar refractivity (Wildman–Crippen MR) is 182 cm³/mol. The fourth-order valence-electron chi connectivity index (χ4n) is 6.96. The number of halogens is 3. The van der Waals surface area contributed by atoms with Gasteiger partial charge in [0.05, 0.1) is 30.8 Å². The molecule has 1 atom stereocenters. The molecule has 1 unspecified atom stereocenters. The first-order valence-electron chi connectivity index (χ1n) is 16.8. The summed E-state index contributed by atoms with van der Waals surface area (Å²) in [6.45, 7) is 8.10. The number of morpholine rings is 1. The van der Waals surface area contributed by atoms with Crippen molar-refractivity contribution in [1.82, 2.24) is 25.2 Å². The highest BCUT2D eigenvalue weighted by atomic mass is 19.1. The van der Waals surface area contributed by atoms with E-state index in [0.29, 0.717) is 44.0 Å². The van der Waals surface area contributed by atoms with Crippen LogP contribution in [0.5, 0.6) is 11.8 Å². The highest BCUT2D eigenvalue weighted by Gasteiger charge is 2.45. The van der Waals surface area contributed by atoms with Crippen LogP contribution in [0.2, 0.25) is 0 Å². The van der Waals surface area contributed by atoms with Crippen LogP contribution < -0.4 is 15.0 Å². The molecule has 1 saturated carbocycles. The Hall–Kier alpha value is -4.93. The molecular weight excluding hydrogens is 649 g/mol. The highest BCUT2D eigenvalue weighted by Crippen LogP contribution is 2.47. The van der Waals surface area contributed by atoms with Crippen molar-refractivity contribution in [3.63, 3.8) is 0 Å². The number of hydrogen-bond donors (Lipinski definition) is 2. The number of aromatic hydroxyl groups is 1. The lowest BCUT2D eigenvalue weighted by molar-refractivity contribution is -0.119. The summed E-state index contributed by atoms with van der Waals surface area (Å²) in [6.07, 6.45) is 11.1. The number of benzene rings is 2. The zero-order valence-corrected chi connectivity index (χ0v) is 27.5. The first-order chi connectivity index (χ1) is 24.1. The average molecular weight is 687 g/mol. The molecule has 2 aromatic carbocycles. The summed E-state index contributed by atoms with van der Waals surface area (Å²) >= 11 is 0. The molecule has 1 amide bonds. The number of hydrogen-bond acceptors (Lipinski definition) is 9. The molecule has 260 valence electrons. The van der Waals surface area contributed by atoms with E-state index in [1.54, 1.807) is 0 Å². The second-order valence-corrected chi connectivity index (χ2v) is 13.4. The van der Waals surface area contributed by atoms with Crippen molar-refractivity contribution in [2.24, 2.45) is 5.41 Å². The summed E-state index contributed by atoms with van der Waals surface area (Å²) in [7, 11) is 0. The van der Waals surface area contributed by atoms with Gasteiger partial charge in [-0.15, -0.1) is 6.42 Å². The van der Waals surface area contributed by atoms with Crippen molar-refractivity contribution in [3.8, 4) is 35.4 Å². The molecule has 0 bridgehead atoms. The molecule has 0 radical (unpaired) electrons. The largest absolute Gasteiger partial charge is 0.508 e. The third kappa shape index (κ3) is 6.78. The van der Waals surface area contributed by atoms with Gasteiger partial charge in [-0.1, -0.05) is 18.6 Å². The van der Waals surface area contributed by atoms with E-state index in [9.17, 15) is 18.7 Å². The van der Waals surface area contributed by atoms with Gasteiger partial charge in [0.2, 0.25) is 0 Å². The van der Waals surface area contributed by atoms with Crippen LogP contribution in [0.25, 0.3) is 32.9 Å². The van der Waals surface area contributed by atoms with Gasteiger partial charge in [0.15, 0.2) is 11.6 Å². The van der Waals surface area contributed by atoms with Crippen LogP contribution in [-0.4, -0.2) is 89.5 Å². The normalized spacial score (nSPS) is 19.2. The smallest absolute Gasteiger partial charge is 0.319 e. The summed E-state index contributed by atoms with van der Waals surface area (Å²) < 4.78 is 57.2. The Balaban J connectivity index is 1.31. The maximum absolute atomic E-state index is 16.9. The number of pyridine rings is 1. The van der Waals surface area contributed by atoms with E-state index in [2.05, 4.69) is 32.7 Å². The Morgan fingerprint density at radius 1 is 1.18 bits per heavy atom. The summed E-state index contributed by atoms with van der Waals surface area (Å²) in [4.78, 5) is 30.2. The van der Waals surface area contributed by atoms with Gasteiger partial charge in [-0.2, -0.15) is 9.97 Å². The number of carbonyl (C=O) groups is 1. The zero-order chi connectivity index (χ0) is 35.0. The van der Waals surface area contributed by atoms with Gasteiger partial charge in [0.25, 0.3) is 5.91 Å². The quantitative estimate of drug-likeness (QED) is 0.180. The van der Waals surface area contributed by atoms with E-state index in [0.717, 1.165) is 45.3 Å². The molecule has 50 heavy (non-hydrogen) atoms. The average Bonchev–Trinajstić information content (AvgIpc) is 3.91. The molecule has 10 nitrogen and oxygen atoms in total. The minimum atomic E-state index is -1.08. The third-order valence-corrected chi connectivity index (χ3v) is 9.77. The zero-order valence-electron chi connectivity index (χ0n) is 27.5. The molecule has 4 aromatic rings. The van der Waals surface area contributed by atoms with Crippen LogP contribution in [0.15, 0.2) is 42.9 Å². The topological polar surface area (TPSA) is 113 Å². The summed E-state index contributed by atoms with van der Waals surface area (Å²) in [5.74, 6) is -0.955. The minimum Gasteiger partial charge on any atom is -0.508 e. The van der Waals surface area contributed by atoms with Crippen LogP contribution in [0, 0.1) is 29.4 Å². The molecule has 1 aliphatic carbocycles. The van der Waals surface area contributed by atoms with Gasteiger partial charge in [0, 0.05) is 61.3 Å². The number of rotatable bonds is 9. The number of ether oxygens (including phenoxy) is 2. The molecule has 13 heteroatoms. The molecule has 0 spiro atoms. The number of fused-ring (bicyclic) bond motifs is 2. The first kappa shape index (κ1) is 33.6. The molecule has 3 fully saturated rings. The second kappa shape index (κ2) is 13.8. The molecule has 4 heterocycles. The monoisotopic (exact) mass is 686 g/mol. The van der Waals surface area contributed by atoms with Gasteiger partial charge in [-0.25, -0.2) is 13.2 Å². The molecular formula is C37H37F3N6O4. The van der Waals surface area contributed by atoms with E-state index in [1.807, 2.05) is 4.90 Å². The minimum absolute atomic E-state index is 0.0325. The number of amides is 1. The van der Waals surface area contributed by atoms with Crippen LogP contribution >= 0.6 is 0 Å². The highest BCUT2D eigenvalue weighted by molar-refractivity contribution is 6.03. The van der Waals surface area contributed by atoms with Crippen molar-refractivity contribution in [3.05, 3.63) is 60.1 Å². The number of aromatic nitrogens is 3. The van der Waals surface area contributed by atoms with Crippen molar-refractivity contribution >= 4 is 33.4 Å². The molecule has 3 aliphatic rings. The molecule has 2 aliphatic heterocycles. The summed E-state index contributed by atoms with van der Waals surface area (Å²) in [6, 6.07) is 4.90. The number of carbonyl (C=O) groups excluding carboxylic acids is 1. The summed E-state index contributed by atoms with van der Waals surface area (Å²) in [5, 5.41) is 14.2. The first-order valence-corrected chi connectivity index (χ1v) is 16.8. The Morgan fingerprint density at radius 2 is 1.98 bits per heavy atom. The Bertz CT molecular complexity index is 2020. The maximum Gasteiger partial charge on any atom is 0.319 e. The number of phenols is 1. The van der Waals surface area contributed by atoms with Crippen LogP contribution in [0.1, 0.15) is 37.7 Å². The lowest BCUT2D eigenvalue weighted by atomic mass is 9.96. The van der Waals surface area contributed by atoms with Crippen LogP contribution in [0.3, 0.4) is 0 Å². The van der Waals surface area contributed by atoms with E-state index >= 15 is 4.39 Å². The van der Waals surface area contributed by atoms with Crippen molar-refractivity contribution in [1.29, 1.82) is 0 Å². The van der Waals surface area contributed by atoms with E-state index < -0.39 is 29.4 Å².